The Morgan fingerprint density at radius 3 is 2.83 bits per heavy atom. The van der Waals surface area contributed by atoms with Gasteiger partial charge in [0.15, 0.2) is 0 Å². The number of nitrogens with one attached hydrogen (secondary N) is 1. The van der Waals surface area contributed by atoms with Gasteiger partial charge in [-0.05, 0) is 37.7 Å². The SMILES string of the molecule is C/C=C\Nc1cccc(Cl)c1C. The molecule has 1 aromatic rings. The average molecular weight is 182 g/mol. The van der Waals surface area contributed by atoms with E-state index >= 15 is 0 Å². The van der Waals surface area contributed by atoms with E-state index in [4.69, 9.17) is 11.6 Å². The van der Waals surface area contributed by atoms with E-state index in [2.05, 4.69) is 5.32 Å². The maximum Gasteiger partial charge on any atom is 0.0455 e. The molecule has 64 valence electrons. The van der Waals surface area contributed by atoms with Crippen molar-refractivity contribution in [2.45, 2.75) is 13.8 Å². The van der Waals surface area contributed by atoms with Crippen molar-refractivity contribution in [1.82, 2.24) is 0 Å². The van der Waals surface area contributed by atoms with Gasteiger partial charge in [0.25, 0.3) is 0 Å². The van der Waals surface area contributed by atoms with E-state index < -0.39 is 0 Å². The smallest absolute Gasteiger partial charge is 0.0455 e. The summed E-state index contributed by atoms with van der Waals surface area (Å²) in [5.74, 6) is 0. The summed E-state index contributed by atoms with van der Waals surface area (Å²) < 4.78 is 0. The zero-order chi connectivity index (χ0) is 8.97. The van der Waals surface area contributed by atoms with E-state index in [-0.39, 0.29) is 0 Å². The molecule has 0 radical (unpaired) electrons. The van der Waals surface area contributed by atoms with Crippen molar-refractivity contribution in [3.63, 3.8) is 0 Å². The van der Waals surface area contributed by atoms with Gasteiger partial charge in [-0.3, -0.25) is 0 Å². The summed E-state index contributed by atoms with van der Waals surface area (Å²) in [4.78, 5) is 0. The van der Waals surface area contributed by atoms with Crippen LogP contribution < -0.4 is 5.32 Å². The normalized spacial score (nSPS) is 10.6. The lowest BCUT2D eigenvalue weighted by Gasteiger charge is -2.05. The average Bonchev–Trinajstić information content (AvgIpc) is 2.08. The molecule has 0 aromatic heterocycles. The Hall–Kier alpha value is -0.950. The van der Waals surface area contributed by atoms with Crippen LogP contribution in [0.15, 0.2) is 30.5 Å². The van der Waals surface area contributed by atoms with Crippen molar-refractivity contribution in [1.29, 1.82) is 0 Å². The molecule has 1 nitrogen and oxygen atoms in total. The number of benzene rings is 1. The molecule has 0 unspecified atom stereocenters. The number of anilines is 1. The predicted octanol–water partition coefficient (Wildman–Crippen LogP) is 3.59. The Balaban J connectivity index is 2.92. The quantitative estimate of drug-likeness (QED) is 0.735. The van der Waals surface area contributed by atoms with Crippen LogP contribution in [0.2, 0.25) is 5.02 Å². The molecule has 0 saturated heterocycles. The number of allylic oxidation sites excluding steroid dienone is 1. The minimum Gasteiger partial charge on any atom is -0.362 e. The molecule has 12 heavy (non-hydrogen) atoms. The lowest BCUT2D eigenvalue weighted by Crippen LogP contribution is -1.90. The predicted molar refractivity (Wildman–Crippen MR) is 54.6 cm³/mol. The zero-order valence-corrected chi connectivity index (χ0v) is 8.02. The maximum absolute atomic E-state index is 5.93. The highest BCUT2D eigenvalue weighted by atomic mass is 35.5. The molecule has 0 aliphatic carbocycles. The van der Waals surface area contributed by atoms with Crippen molar-refractivity contribution < 1.29 is 0 Å². The first-order valence-corrected chi connectivity index (χ1v) is 4.26. The number of halogens is 1. The Kier molecular flexibility index (Phi) is 3.18. The molecule has 0 saturated carbocycles. The molecule has 1 rings (SSSR count). The second-order valence-corrected chi connectivity index (χ2v) is 2.96. The van der Waals surface area contributed by atoms with Crippen molar-refractivity contribution in [2.75, 3.05) is 5.32 Å². The third kappa shape index (κ3) is 2.02. The number of rotatable bonds is 2. The second-order valence-electron chi connectivity index (χ2n) is 2.56. The maximum atomic E-state index is 5.93. The minimum atomic E-state index is 0.796. The fourth-order valence-electron chi connectivity index (χ4n) is 0.937. The van der Waals surface area contributed by atoms with E-state index in [1.54, 1.807) is 0 Å². The zero-order valence-electron chi connectivity index (χ0n) is 7.26. The van der Waals surface area contributed by atoms with Crippen molar-refractivity contribution in [3.8, 4) is 0 Å². The fourth-order valence-corrected chi connectivity index (χ4v) is 1.11. The fraction of sp³-hybridized carbons (Fsp3) is 0.200. The molecule has 0 bridgehead atoms. The molecule has 1 aromatic carbocycles. The molecular weight excluding hydrogens is 170 g/mol. The van der Waals surface area contributed by atoms with Crippen LogP contribution in [0.1, 0.15) is 12.5 Å². The highest BCUT2D eigenvalue weighted by molar-refractivity contribution is 6.31. The molecule has 0 aliphatic heterocycles. The molecule has 0 fully saturated rings. The Labute approximate surface area is 78.1 Å². The molecule has 1 N–H and O–H groups in total. The first-order chi connectivity index (χ1) is 5.75. The summed E-state index contributed by atoms with van der Waals surface area (Å²) in [5, 5.41) is 3.93. The van der Waals surface area contributed by atoms with Gasteiger partial charge in [0.2, 0.25) is 0 Å². The van der Waals surface area contributed by atoms with Gasteiger partial charge in [0.1, 0.15) is 0 Å². The van der Waals surface area contributed by atoms with Gasteiger partial charge in [0, 0.05) is 10.7 Å². The van der Waals surface area contributed by atoms with E-state index in [1.165, 1.54) is 0 Å². The van der Waals surface area contributed by atoms with Crippen LogP contribution in [0.3, 0.4) is 0 Å². The molecule has 0 aliphatic rings. The Morgan fingerprint density at radius 2 is 2.17 bits per heavy atom. The topological polar surface area (TPSA) is 12.0 Å². The van der Waals surface area contributed by atoms with Gasteiger partial charge < -0.3 is 5.32 Å². The molecule has 0 atom stereocenters. The van der Waals surface area contributed by atoms with Crippen molar-refractivity contribution in [2.24, 2.45) is 0 Å². The first kappa shape index (κ1) is 9.14. The Bertz CT molecular complexity index is 292. The van der Waals surface area contributed by atoms with E-state index in [1.807, 2.05) is 44.3 Å². The van der Waals surface area contributed by atoms with Crippen LogP contribution in [-0.4, -0.2) is 0 Å². The van der Waals surface area contributed by atoms with Crippen LogP contribution in [0.25, 0.3) is 0 Å². The minimum absolute atomic E-state index is 0.796. The summed E-state index contributed by atoms with van der Waals surface area (Å²) in [5.41, 5.74) is 2.14. The van der Waals surface area contributed by atoms with Gasteiger partial charge in [0.05, 0.1) is 0 Å². The molecule has 0 heterocycles. The van der Waals surface area contributed by atoms with Crippen LogP contribution in [0, 0.1) is 6.92 Å². The van der Waals surface area contributed by atoms with E-state index in [0.717, 1.165) is 16.3 Å². The largest absolute Gasteiger partial charge is 0.362 e. The molecule has 0 amide bonds. The van der Waals surface area contributed by atoms with E-state index in [0.29, 0.717) is 0 Å². The van der Waals surface area contributed by atoms with Gasteiger partial charge in [-0.2, -0.15) is 0 Å². The highest BCUT2D eigenvalue weighted by Gasteiger charge is 1.98. The van der Waals surface area contributed by atoms with Crippen molar-refractivity contribution >= 4 is 17.3 Å². The molecule has 2 heteroatoms. The lowest BCUT2D eigenvalue weighted by atomic mass is 10.2. The van der Waals surface area contributed by atoms with E-state index in [9.17, 15) is 0 Å². The van der Waals surface area contributed by atoms with Gasteiger partial charge in [-0.15, -0.1) is 0 Å². The van der Waals surface area contributed by atoms with Gasteiger partial charge >= 0.3 is 0 Å². The molecular formula is C10H12ClN. The van der Waals surface area contributed by atoms with Crippen LogP contribution >= 0.6 is 11.6 Å². The lowest BCUT2D eigenvalue weighted by molar-refractivity contribution is 1.43. The third-order valence-electron chi connectivity index (χ3n) is 1.67. The first-order valence-electron chi connectivity index (χ1n) is 3.88. The van der Waals surface area contributed by atoms with Gasteiger partial charge in [-0.25, -0.2) is 0 Å². The highest BCUT2D eigenvalue weighted by Crippen LogP contribution is 2.22. The standard InChI is InChI=1S/C10H12ClN/c1-3-7-12-10-6-4-5-9(11)8(10)2/h3-7,12H,1-2H3/b7-3-. The van der Waals surface area contributed by atoms with Gasteiger partial charge in [-0.1, -0.05) is 23.7 Å². The van der Waals surface area contributed by atoms with Crippen molar-refractivity contribution in [3.05, 3.63) is 41.1 Å². The van der Waals surface area contributed by atoms with Crippen LogP contribution in [-0.2, 0) is 0 Å². The summed E-state index contributed by atoms with van der Waals surface area (Å²) in [7, 11) is 0. The third-order valence-corrected chi connectivity index (χ3v) is 2.08. The van der Waals surface area contributed by atoms with Crippen LogP contribution in [0.5, 0.6) is 0 Å². The summed E-state index contributed by atoms with van der Waals surface area (Å²) in [6.45, 7) is 3.96. The summed E-state index contributed by atoms with van der Waals surface area (Å²) in [6, 6.07) is 5.82. The van der Waals surface area contributed by atoms with Crippen LogP contribution in [0.4, 0.5) is 5.69 Å². The second kappa shape index (κ2) is 4.17. The monoisotopic (exact) mass is 181 g/mol. The number of hydrogen-bond acceptors (Lipinski definition) is 1. The molecule has 0 spiro atoms. The Morgan fingerprint density at radius 1 is 1.42 bits per heavy atom. The number of hydrogen-bond donors (Lipinski definition) is 1. The summed E-state index contributed by atoms with van der Waals surface area (Å²) in [6.07, 6.45) is 3.83. The summed E-state index contributed by atoms with van der Waals surface area (Å²) >= 11 is 5.93.